The van der Waals surface area contributed by atoms with Crippen LogP contribution in [0.3, 0.4) is 0 Å². The number of aryl methyl sites for hydroxylation is 1. The number of hydrogen-bond donors (Lipinski definition) is 1. The minimum atomic E-state index is -0.395. The zero-order chi connectivity index (χ0) is 13.0. The quantitative estimate of drug-likeness (QED) is 0.878. The van der Waals surface area contributed by atoms with Crippen molar-refractivity contribution in [1.82, 2.24) is 10.2 Å². The molecule has 0 radical (unpaired) electrons. The molecule has 0 amide bonds. The molecule has 1 fully saturated rings. The van der Waals surface area contributed by atoms with Crippen molar-refractivity contribution in [2.24, 2.45) is 0 Å². The summed E-state index contributed by atoms with van der Waals surface area (Å²) >= 11 is 0. The molecular weight excluding hydrogens is 222 g/mol. The predicted octanol–water partition coefficient (Wildman–Crippen LogP) is 1.73. The first-order chi connectivity index (χ1) is 8.65. The molecule has 0 aromatic heterocycles. The third-order valence-corrected chi connectivity index (χ3v) is 3.85. The molecule has 0 aliphatic carbocycles. The topological polar surface area (TPSA) is 39.1 Å². The number of benzene rings is 1. The van der Waals surface area contributed by atoms with Gasteiger partial charge in [-0.2, -0.15) is 5.26 Å². The fourth-order valence-electron chi connectivity index (χ4n) is 2.56. The SMILES string of the molecule is Cc1ccccc1CC(C)(C#N)N1CCNCC1. The van der Waals surface area contributed by atoms with Gasteiger partial charge in [0.1, 0.15) is 5.54 Å². The van der Waals surface area contributed by atoms with E-state index in [1.807, 2.05) is 6.07 Å². The van der Waals surface area contributed by atoms with Gasteiger partial charge in [0.05, 0.1) is 6.07 Å². The van der Waals surface area contributed by atoms with E-state index in [0.717, 1.165) is 32.6 Å². The second-order valence-corrected chi connectivity index (χ2v) is 5.23. The maximum absolute atomic E-state index is 9.58. The fraction of sp³-hybridized carbons (Fsp3) is 0.533. The van der Waals surface area contributed by atoms with Gasteiger partial charge in [-0.25, -0.2) is 0 Å². The third-order valence-electron chi connectivity index (χ3n) is 3.85. The van der Waals surface area contributed by atoms with Crippen LogP contribution < -0.4 is 5.32 Å². The zero-order valence-electron chi connectivity index (χ0n) is 11.2. The molecule has 3 heteroatoms. The van der Waals surface area contributed by atoms with E-state index in [-0.39, 0.29) is 0 Å². The Hall–Kier alpha value is -1.37. The van der Waals surface area contributed by atoms with Crippen LogP contribution in [0.4, 0.5) is 0 Å². The molecule has 1 aliphatic rings. The molecule has 0 saturated carbocycles. The van der Waals surface area contributed by atoms with E-state index in [2.05, 4.69) is 48.3 Å². The summed E-state index contributed by atoms with van der Waals surface area (Å²) in [5.41, 5.74) is 2.16. The highest BCUT2D eigenvalue weighted by molar-refractivity contribution is 5.29. The first-order valence-electron chi connectivity index (χ1n) is 6.57. The molecule has 0 spiro atoms. The summed E-state index contributed by atoms with van der Waals surface area (Å²) in [5.74, 6) is 0. The lowest BCUT2D eigenvalue weighted by Crippen LogP contribution is -2.55. The summed E-state index contributed by atoms with van der Waals surface area (Å²) in [6.45, 7) is 8.04. The van der Waals surface area contributed by atoms with E-state index in [1.165, 1.54) is 11.1 Å². The maximum Gasteiger partial charge on any atom is 0.110 e. The van der Waals surface area contributed by atoms with E-state index in [0.29, 0.717) is 0 Å². The Balaban J connectivity index is 2.18. The van der Waals surface area contributed by atoms with E-state index in [1.54, 1.807) is 0 Å². The molecule has 1 unspecified atom stereocenters. The molecule has 96 valence electrons. The first kappa shape index (κ1) is 13.1. The molecule has 2 rings (SSSR count). The minimum absolute atomic E-state index is 0.395. The monoisotopic (exact) mass is 243 g/mol. The van der Waals surface area contributed by atoms with Crippen LogP contribution in [0.1, 0.15) is 18.1 Å². The van der Waals surface area contributed by atoms with Gasteiger partial charge in [-0.05, 0) is 25.0 Å². The van der Waals surface area contributed by atoms with Crippen LogP contribution in [0.25, 0.3) is 0 Å². The van der Waals surface area contributed by atoms with Gasteiger partial charge in [0.25, 0.3) is 0 Å². The van der Waals surface area contributed by atoms with Crippen molar-refractivity contribution in [3.05, 3.63) is 35.4 Å². The van der Waals surface area contributed by atoms with Crippen molar-refractivity contribution in [3.63, 3.8) is 0 Å². The second-order valence-electron chi connectivity index (χ2n) is 5.23. The van der Waals surface area contributed by atoms with E-state index >= 15 is 0 Å². The molecule has 18 heavy (non-hydrogen) atoms. The smallest absolute Gasteiger partial charge is 0.110 e. The van der Waals surface area contributed by atoms with Crippen molar-refractivity contribution in [2.75, 3.05) is 26.2 Å². The van der Waals surface area contributed by atoms with Crippen LogP contribution in [-0.2, 0) is 6.42 Å². The normalized spacial score (nSPS) is 20.1. The van der Waals surface area contributed by atoms with E-state index < -0.39 is 5.54 Å². The van der Waals surface area contributed by atoms with E-state index in [4.69, 9.17) is 0 Å². The van der Waals surface area contributed by atoms with Gasteiger partial charge < -0.3 is 5.32 Å². The van der Waals surface area contributed by atoms with Crippen molar-refractivity contribution in [3.8, 4) is 6.07 Å². The van der Waals surface area contributed by atoms with Gasteiger partial charge in [0, 0.05) is 32.6 Å². The van der Waals surface area contributed by atoms with Crippen LogP contribution in [0, 0.1) is 18.3 Å². The Morgan fingerprint density at radius 1 is 1.33 bits per heavy atom. The number of piperazine rings is 1. The minimum Gasteiger partial charge on any atom is -0.314 e. The van der Waals surface area contributed by atoms with Gasteiger partial charge in [-0.15, -0.1) is 0 Å². The van der Waals surface area contributed by atoms with Gasteiger partial charge in [0.15, 0.2) is 0 Å². The number of nitrogens with zero attached hydrogens (tertiary/aromatic N) is 2. The van der Waals surface area contributed by atoms with Crippen molar-refractivity contribution in [1.29, 1.82) is 5.26 Å². The van der Waals surface area contributed by atoms with Crippen molar-refractivity contribution >= 4 is 0 Å². The van der Waals surface area contributed by atoms with Gasteiger partial charge in [-0.3, -0.25) is 4.90 Å². The third kappa shape index (κ3) is 2.72. The summed E-state index contributed by atoms with van der Waals surface area (Å²) in [6.07, 6.45) is 0.802. The Kier molecular flexibility index (Phi) is 4.00. The standard InChI is InChI=1S/C15H21N3/c1-13-5-3-4-6-14(13)11-15(2,12-16)18-9-7-17-8-10-18/h3-6,17H,7-11H2,1-2H3. The highest BCUT2D eigenvalue weighted by Crippen LogP contribution is 2.22. The predicted molar refractivity (Wildman–Crippen MR) is 73.3 cm³/mol. The highest BCUT2D eigenvalue weighted by Gasteiger charge is 2.33. The number of nitrogens with one attached hydrogen (secondary N) is 1. The molecule has 1 saturated heterocycles. The van der Waals surface area contributed by atoms with Crippen molar-refractivity contribution < 1.29 is 0 Å². The lowest BCUT2D eigenvalue weighted by atomic mass is 9.89. The molecule has 1 aromatic carbocycles. The molecule has 1 aliphatic heterocycles. The average Bonchev–Trinajstić information content (AvgIpc) is 2.42. The number of rotatable bonds is 3. The fourth-order valence-corrected chi connectivity index (χ4v) is 2.56. The van der Waals surface area contributed by atoms with Crippen LogP contribution >= 0.6 is 0 Å². The molecule has 1 aromatic rings. The van der Waals surface area contributed by atoms with Gasteiger partial charge in [-0.1, -0.05) is 24.3 Å². The molecule has 1 N–H and O–H groups in total. The molecule has 1 atom stereocenters. The number of nitriles is 1. The summed E-state index contributed by atoms with van der Waals surface area (Å²) in [4.78, 5) is 2.30. The van der Waals surface area contributed by atoms with Gasteiger partial charge in [0.2, 0.25) is 0 Å². The van der Waals surface area contributed by atoms with Crippen LogP contribution in [0.2, 0.25) is 0 Å². The lowest BCUT2D eigenvalue weighted by molar-refractivity contribution is 0.132. The summed E-state index contributed by atoms with van der Waals surface area (Å²) < 4.78 is 0. The number of hydrogen-bond acceptors (Lipinski definition) is 3. The molecule has 3 nitrogen and oxygen atoms in total. The lowest BCUT2D eigenvalue weighted by Gasteiger charge is -2.39. The summed E-state index contributed by atoms with van der Waals surface area (Å²) in [7, 11) is 0. The molecule has 1 heterocycles. The van der Waals surface area contributed by atoms with Crippen LogP contribution in [0.5, 0.6) is 0 Å². The van der Waals surface area contributed by atoms with Crippen molar-refractivity contribution in [2.45, 2.75) is 25.8 Å². The maximum atomic E-state index is 9.58. The zero-order valence-corrected chi connectivity index (χ0v) is 11.2. The second kappa shape index (κ2) is 5.51. The first-order valence-corrected chi connectivity index (χ1v) is 6.57. The summed E-state index contributed by atoms with van der Waals surface area (Å²) in [5, 5.41) is 12.9. The Morgan fingerprint density at radius 2 is 2.00 bits per heavy atom. The average molecular weight is 243 g/mol. The van der Waals surface area contributed by atoms with Crippen LogP contribution in [-0.4, -0.2) is 36.6 Å². The molecule has 0 bridgehead atoms. The highest BCUT2D eigenvalue weighted by atomic mass is 15.2. The Labute approximate surface area is 109 Å². The summed E-state index contributed by atoms with van der Waals surface area (Å²) in [6, 6.07) is 10.9. The Morgan fingerprint density at radius 3 is 2.61 bits per heavy atom. The van der Waals surface area contributed by atoms with Gasteiger partial charge >= 0.3 is 0 Å². The van der Waals surface area contributed by atoms with E-state index in [9.17, 15) is 5.26 Å². The van der Waals surface area contributed by atoms with Crippen LogP contribution in [0.15, 0.2) is 24.3 Å². The largest absolute Gasteiger partial charge is 0.314 e. The Bertz CT molecular complexity index is 443. The molecular formula is C15H21N3.